The first-order valence-electron chi connectivity index (χ1n) is 5.75. The Labute approximate surface area is 105 Å². The van der Waals surface area contributed by atoms with E-state index in [4.69, 9.17) is 5.11 Å². The van der Waals surface area contributed by atoms with Crippen molar-refractivity contribution in [3.8, 4) is 0 Å². The molecular formula is C12H17NO3S. The Morgan fingerprint density at radius 2 is 2.12 bits per heavy atom. The van der Waals surface area contributed by atoms with E-state index in [9.17, 15) is 9.59 Å². The smallest absolute Gasteiger partial charge is 0.348 e. The molecule has 0 saturated heterocycles. The van der Waals surface area contributed by atoms with Gasteiger partial charge in [-0.05, 0) is 17.9 Å². The molecule has 0 aromatic carbocycles. The van der Waals surface area contributed by atoms with Gasteiger partial charge in [-0.25, -0.2) is 4.79 Å². The van der Waals surface area contributed by atoms with Crippen LogP contribution in [0, 0.1) is 0 Å². The summed E-state index contributed by atoms with van der Waals surface area (Å²) in [6.45, 7) is 2.12. The van der Waals surface area contributed by atoms with Crippen molar-refractivity contribution in [2.75, 3.05) is 5.32 Å². The van der Waals surface area contributed by atoms with E-state index in [-0.39, 0.29) is 10.8 Å². The van der Waals surface area contributed by atoms with E-state index < -0.39 is 5.97 Å². The predicted molar refractivity (Wildman–Crippen MR) is 68.7 cm³/mol. The highest BCUT2D eigenvalue weighted by molar-refractivity contribution is 7.12. The number of nitrogens with one attached hydrogen (secondary N) is 1. The second kappa shape index (κ2) is 7.06. The molecule has 94 valence electrons. The Morgan fingerprint density at radius 3 is 2.76 bits per heavy atom. The number of amides is 1. The fourth-order valence-electron chi connectivity index (χ4n) is 1.50. The molecule has 1 amide bonds. The number of carboxylic acid groups (broad SMARTS) is 1. The zero-order valence-electron chi connectivity index (χ0n) is 9.86. The van der Waals surface area contributed by atoms with Crippen LogP contribution in [0.25, 0.3) is 0 Å². The van der Waals surface area contributed by atoms with Crippen molar-refractivity contribution in [2.24, 2.45) is 0 Å². The monoisotopic (exact) mass is 255 g/mol. The van der Waals surface area contributed by atoms with Crippen molar-refractivity contribution >= 4 is 28.9 Å². The average Bonchev–Trinajstić information content (AvgIpc) is 2.72. The minimum atomic E-state index is -0.999. The lowest BCUT2D eigenvalue weighted by atomic mass is 10.1. The van der Waals surface area contributed by atoms with Gasteiger partial charge in [-0.15, -0.1) is 11.3 Å². The second-order valence-electron chi connectivity index (χ2n) is 3.83. The molecule has 0 aliphatic carbocycles. The molecule has 1 aromatic heterocycles. The SMILES string of the molecule is CCCCCCC(=O)Nc1ccsc1C(=O)O. The number of carbonyl (C=O) groups excluding carboxylic acids is 1. The molecule has 0 fully saturated rings. The van der Waals surface area contributed by atoms with Crippen LogP contribution in [0.1, 0.15) is 48.7 Å². The number of hydrogen-bond donors (Lipinski definition) is 2. The lowest BCUT2D eigenvalue weighted by Crippen LogP contribution is -2.12. The van der Waals surface area contributed by atoms with Crippen molar-refractivity contribution in [3.05, 3.63) is 16.3 Å². The minimum Gasteiger partial charge on any atom is -0.477 e. The molecule has 0 spiro atoms. The summed E-state index contributed by atoms with van der Waals surface area (Å²) in [4.78, 5) is 22.6. The third-order valence-corrected chi connectivity index (χ3v) is 3.29. The molecular weight excluding hydrogens is 238 g/mol. The van der Waals surface area contributed by atoms with Crippen molar-refractivity contribution in [1.82, 2.24) is 0 Å². The summed E-state index contributed by atoms with van der Waals surface area (Å²) in [5.41, 5.74) is 0.406. The van der Waals surface area contributed by atoms with E-state index in [1.807, 2.05) is 0 Å². The molecule has 0 aliphatic heterocycles. The Morgan fingerprint density at radius 1 is 1.35 bits per heavy atom. The molecule has 17 heavy (non-hydrogen) atoms. The Kier molecular flexibility index (Phi) is 5.69. The van der Waals surface area contributed by atoms with Crippen LogP contribution in [0.15, 0.2) is 11.4 Å². The van der Waals surface area contributed by atoms with Gasteiger partial charge in [-0.3, -0.25) is 4.79 Å². The van der Waals surface area contributed by atoms with Crippen LogP contribution in [0.2, 0.25) is 0 Å². The number of anilines is 1. The number of unbranched alkanes of at least 4 members (excludes halogenated alkanes) is 3. The van der Waals surface area contributed by atoms with Gasteiger partial charge in [-0.2, -0.15) is 0 Å². The fourth-order valence-corrected chi connectivity index (χ4v) is 2.19. The number of hydrogen-bond acceptors (Lipinski definition) is 3. The molecule has 0 saturated carbocycles. The summed E-state index contributed by atoms with van der Waals surface area (Å²) >= 11 is 1.12. The topological polar surface area (TPSA) is 66.4 Å². The van der Waals surface area contributed by atoms with Gasteiger partial charge in [0.25, 0.3) is 0 Å². The van der Waals surface area contributed by atoms with Gasteiger partial charge in [0.15, 0.2) is 0 Å². The van der Waals surface area contributed by atoms with E-state index in [1.54, 1.807) is 11.4 Å². The van der Waals surface area contributed by atoms with Crippen LogP contribution in [0.5, 0.6) is 0 Å². The van der Waals surface area contributed by atoms with Crippen molar-refractivity contribution in [3.63, 3.8) is 0 Å². The van der Waals surface area contributed by atoms with Crippen LogP contribution >= 0.6 is 11.3 Å². The third-order valence-electron chi connectivity index (χ3n) is 2.39. The van der Waals surface area contributed by atoms with Crippen molar-refractivity contribution < 1.29 is 14.7 Å². The molecule has 0 radical (unpaired) electrons. The van der Waals surface area contributed by atoms with Gasteiger partial charge in [0.1, 0.15) is 4.88 Å². The Balaban J connectivity index is 2.40. The number of rotatable bonds is 7. The van der Waals surface area contributed by atoms with Gasteiger partial charge in [0.2, 0.25) is 5.91 Å². The van der Waals surface area contributed by atoms with Crippen molar-refractivity contribution in [2.45, 2.75) is 39.0 Å². The van der Waals surface area contributed by atoms with Gasteiger partial charge in [0.05, 0.1) is 5.69 Å². The quantitative estimate of drug-likeness (QED) is 0.734. The maximum Gasteiger partial charge on any atom is 0.348 e. The molecule has 1 heterocycles. The third kappa shape index (κ3) is 4.56. The normalized spacial score (nSPS) is 10.2. The summed E-state index contributed by atoms with van der Waals surface area (Å²) in [6, 6.07) is 1.62. The lowest BCUT2D eigenvalue weighted by molar-refractivity contribution is -0.116. The van der Waals surface area contributed by atoms with E-state index >= 15 is 0 Å². The first-order chi connectivity index (χ1) is 8.15. The zero-order valence-corrected chi connectivity index (χ0v) is 10.7. The number of thiophene rings is 1. The number of carboxylic acids is 1. The highest BCUT2D eigenvalue weighted by Crippen LogP contribution is 2.22. The van der Waals surface area contributed by atoms with Gasteiger partial charge >= 0.3 is 5.97 Å². The highest BCUT2D eigenvalue weighted by Gasteiger charge is 2.13. The molecule has 5 heteroatoms. The molecule has 0 bridgehead atoms. The molecule has 0 unspecified atom stereocenters. The molecule has 1 aromatic rings. The predicted octanol–water partition coefficient (Wildman–Crippen LogP) is 3.36. The van der Waals surface area contributed by atoms with Crippen LogP contribution in [-0.2, 0) is 4.79 Å². The highest BCUT2D eigenvalue weighted by atomic mass is 32.1. The lowest BCUT2D eigenvalue weighted by Gasteiger charge is -2.04. The summed E-state index contributed by atoms with van der Waals surface area (Å²) in [6.07, 6.45) is 4.61. The van der Waals surface area contributed by atoms with Crippen LogP contribution in [0.3, 0.4) is 0 Å². The fraction of sp³-hybridized carbons (Fsp3) is 0.500. The first-order valence-corrected chi connectivity index (χ1v) is 6.63. The van der Waals surface area contributed by atoms with E-state index in [1.165, 1.54) is 0 Å². The number of carbonyl (C=O) groups is 2. The summed E-state index contributed by atoms with van der Waals surface area (Å²) in [5.74, 6) is -1.11. The Hall–Kier alpha value is -1.36. The molecule has 0 atom stereocenters. The summed E-state index contributed by atoms with van der Waals surface area (Å²) in [5, 5.41) is 13.2. The maximum atomic E-state index is 11.5. The summed E-state index contributed by atoms with van der Waals surface area (Å²) < 4.78 is 0. The Bertz CT molecular complexity index is 387. The zero-order chi connectivity index (χ0) is 12.7. The standard InChI is InChI=1S/C12H17NO3S/c1-2-3-4-5-6-10(14)13-9-7-8-17-11(9)12(15)16/h7-8H,2-6H2,1H3,(H,13,14)(H,15,16). The van der Waals surface area contributed by atoms with Crippen LogP contribution in [-0.4, -0.2) is 17.0 Å². The maximum absolute atomic E-state index is 11.5. The molecule has 0 aliphatic rings. The largest absolute Gasteiger partial charge is 0.477 e. The van der Waals surface area contributed by atoms with E-state index in [0.717, 1.165) is 37.0 Å². The molecule has 1 rings (SSSR count). The van der Waals surface area contributed by atoms with E-state index in [2.05, 4.69) is 12.2 Å². The molecule has 2 N–H and O–H groups in total. The first kappa shape index (κ1) is 13.7. The summed E-state index contributed by atoms with van der Waals surface area (Å²) in [7, 11) is 0. The van der Waals surface area contributed by atoms with Crippen molar-refractivity contribution in [1.29, 1.82) is 0 Å². The van der Waals surface area contributed by atoms with Crippen LogP contribution < -0.4 is 5.32 Å². The molecule has 4 nitrogen and oxygen atoms in total. The second-order valence-corrected chi connectivity index (χ2v) is 4.74. The average molecular weight is 255 g/mol. The van der Waals surface area contributed by atoms with Gasteiger partial charge < -0.3 is 10.4 Å². The van der Waals surface area contributed by atoms with Gasteiger partial charge in [0, 0.05) is 6.42 Å². The van der Waals surface area contributed by atoms with E-state index in [0.29, 0.717) is 12.1 Å². The van der Waals surface area contributed by atoms with Gasteiger partial charge in [-0.1, -0.05) is 26.2 Å². The number of aromatic carboxylic acids is 1. The van der Waals surface area contributed by atoms with Crippen LogP contribution in [0.4, 0.5) is 5.69 Å². The minimum absolute atomic E-state index is 0.109.